The maximum absolute atomic E-state index is 11.0. The van der Waals surface area contributed by atoms with Gasteiger partial charge in [-0.1, -0.05) is 53.2 Å². The van der Waals surface area contributed by atoms with Crippen LogP contribution in [0.4, 0.5) is 0 Å². The van der Waals surface area contributed by atoms with Crippen molar-refractivity contribution in [2.24, 2.45) is 5.41 Å². The molecule has 1 N–H and O–H groups in total. The van der Waals surface area contributed by atoms with E-state index in [4.69, 9.17) is 5.11 Å². The fourth-order valence-electron chi connectivity index (χ4n) is 1.87. The normalized spacial score (nSPS) is 12.5. The Bertz CT molecular complexity index is 417. The molecule has 1 rings (SSSR count). The van der Waals surface area contributed by atoms with E-state index < -0.39 is 5.97 Å². The van der Waals surface area contributed by atoms with E-state index in [-0.39, 0.29) is 10.8 Å². The van der Waals surface area contributed by atoms with Crippen LogP contribution in [0.5, 0.6) is 0 Å². The molecule has 0 amide bonds. The second kappa shape index (κ2) is 4.52. The summed E-state index contributed by atoms with van der Waals surface area (Å²) >= 11 is 0. The van der Waals surface area contributed by atoms with Gasteiger partial charge in [0.15, 0.2) is 0 Å². The minimum atomic E-state index is -0.864. The summed E-state index contributed by atoms with van der Waals surface area (Å²) < 4.78 is 0. The summed E-state index contributed by atoms with van der Waals surface area (Å²) in [6.45, 7) is 11.0. The number of aromatic carboxylic acids is 1. The van der Waals surface area contributed by atoms with Crippen molar-refractivity contribution in [3.63, 3.8) is 0 Å². The highest BCUT2D eigenvalue weighted by atomic mass is 16.4. The van der Waals surface area contributed by atoms with Crippen LogP contribution in [-0.2, 0) is 5.41 Å². The molecular weight excluding hydrogens is 212 g/mol. The molecule has 1 aromatic carbocycles. The van der Waals surface area contributed by atoms with Crippen molar-refractivity contribution >= 4 is 5.97 Å². The molecule has 0 aliphatic rings. The Morgan fingerprint density at radius 1 is 1.24 bits per heavy atom. The molecule has 0 aliphatic carbocycles. The third kappa shape index (κ3) is 2.51. The van der Waals surface area contributed by atoms with Gasteiger partial charge in [-0.2, -0.15) is 0 Å². The average Bonchev–Trinajstić information content (AvgIpc) is 2.28. The van der Waals surface area contributed by atoms with E-state index in [9.17, 15) is 4.79 Å². The van der Waals surface area contributed by atoms with E-state index >= 15 is 0 Å². The molecule has 1 aromatic rings. The topological polar surface area (TPSA) is 37.3 Å². The molecule has 0 saturated heterocycles. The molecule has 0 aromatic heterocycles. The van der Waals surface area contributed by atoms with Crippen molar-refractivity contribution in [2.75, 3.05) is 0 Å². The molecule has 0 saturated carbocycles. The van der Waals surface area contributed by atoms with Crippen LogP contribution in [0.3, 0.4) is 0 Å². The van der Waals surface area contributed by atoms with Gasteiger partial charge >= 0.3 is 5.97 Å². The summed E-state index contributed by atoms with van der Waals surface area (Å²) in [5, 5.41) is 9.03. The Balaban J connectivity index is 3.24. The first-order chi connectivity index (χ1) is 7.72. The third-order valence-electron chi connectivity index (χ3n) is 4.41. The third-order valence-corrected chi connectivity index (χ3v) is 4.41. The summed E-state index contributed by atoms with van der Waals surface area (Å²) in [6.07, 6.45) is 1.05. The van der Waals surface area contributed by atoms with Gasteiger partial charge in [-0.05, 0) is 28.5 Å². The lowest BCUT2D eigenvalue weighted by Gasteiger charge is -2.42. The second-order valence-corrected chi connectivity index (χ2v) is 5.75. The summed E-state index contributed by atoms with van der Waals surface area (Å²) in [6, 6.07) is 7.27. The zero-order valence-corrected chi connectivity index (χ0v) is 11.4. The fourth-order valence-corrected chi connectivity index (χ4v) is 1.87. The smallest absolute Gasteiger partial charge is 0.335 e. The zero-order chi connectivity index (χ0) is 13.3. The number of benzene rings is 1. The first-order valence-electron chi connectivity index (χ1n) is 6.06. The van der Waals surface area contributed by atoms with E-state index in [0.29, 0.717) is 5.56 Å². The zero-order valence-electron chi connectivity index (χ0n) is 11.4. The fraction of sp³-hybridized carbons (Fsp3) is 0.533. The highest BCUT2D eigenvalue weighted by Gasteiger charge is 2.36. The molecule has 0 unspecified atom stereocenters. The van der Waals surface area contributed by atoms with Crippen LogP contribution in [0.2, 0.25) is 0 Å². The van der Waals surface area contributed by atoms with E-state index in [1.807, 2.05) is 12.1 Å². The number of carbonyl (C=O) groups is 1. The Kier molecular flexibility index (Phi) is 3.65. The summed E-state index contributed by atoms with van der Waals surface area (Å²) in [5.74, 6) is -0.864. The van der Waals surface area contributed by atoms with Crippen LogP contribution in [0.1, 0.15) is 57.0 Å². The van der Waals surface area contributed by atoms with Crippen molar-refractivity contribution in [1.29, 1.82) is 0 Å². The van der Waals surface area contributed by atoms with Gasteiger partial charge in [0, 0.05) is 0 Å². The number of hydrogen-bond acceptors (Lipinski definition) is 1. The molecule has 0 fully saturated rings. The predicted octanol–water partition coefficient (Wildman–Crippen LogP) is 4.10. The van der Waals surface area contributed by atoms with Gasteiger partial charge in [-0.3, -0.25) is 0 Å². The molecule has 0 bridgehead atoms. The molecule has 0 heterocycles. The van der Waals surface area contributed by atoms with Gasteiger partial charge in [0.2, 0.25) is 0 Å². The van der Waals surface area contributed by atoms with Gasteiger partial charge in [-0.15, -0.1) is 0 Å². The van der Waals surface area contributed by atoms with Gasteiger partial charge < -0.3 is 5.11 Å². The molecule has 0 aliphatic heterocycles. The molecule has 17 heavy (non-hydrogen) atoms. The van der Waals surface area contributed by atoms with Crippen molar-refractivity contribution < 1.29 is 9.90 Å². The maximum atomic E-state index is 11.0. The van der Waals surface area contributed by atoms with Crippen molar-refractivity contribution in [3.05, 3.63) is 35.4 Å². The summed E-state index contributed by atoms with van der Waals surface area (Å²) in [7, 11) is 0. The Morgan fingerprint density at radius 2 is 1.82 bits per heavy atom. The largest absolute Gasteiger partial charge is 0.478 e. The molecular formula is C15H22O2. The predicted molar refractivity (Wildman–Crippen MR) is 70.5 cm³/mol. The van der Waals surface area contributed by atoms with Gasteiger partial charge in [0.25, 0.3) is 0 Å². The van der Waals surface area contributed by atoms with Crippen LogP contribution in [0, 0.1) is 5.41 Å². The number of rotatable bonds is 4. The highest BCUT2D eigenvalue weighted by molar-refractivity contribution is 5.87. The molecule has 2 nitrogen and oxygen atoms in total. The highest BCUT2D eigenvalue weighted by Crippen LogP contribution is 2.43. The standard InChI is InChI=1S/C15H22O2/c1-6-14(2,3)15(4,5)12-9-7-8-11(10-12)13(16)17/h7-10H,6H2,1-5H3,(H,16,17). The Morgan fingerprint density at radius 3 is 2.29 bits per heavy atom. The molecule has 0 atom stereocenters. The minimum Gasteiger partial charge on any atom is -0.478 e. The number of carboxylic acid groups (broad SMARTS) is 1. The quantitative estimate of drug-likeness (QED) is 0.851. The maximum Gasteiger partial charge on any atom is 0.335 e. The van der Waals surface area contributed by atoms with Crippen LogP contribution >= 0.6 is 0 Å². The average molecular weight is 234 g/mol. The molecule has 2 heteroatoms. The van der Waals surface area contributed by atoms with Crippen molar-refractivity contribution in [1.82, 2.24) is 0 Å². The number of hydrogen-bond donors (Lipinski definition) is 1. The van der Waals surface area contributed by atoms with Gasteiger partial charge in [-0.25, -0.2) is 4.79 Å². The number of carboxylic acids is 1. The van der Waals surface area contributed by atoms with Gasteiger partial charge in [0.1, 0.15) is 0 Å². The van der Waals surface area contributed by atoms with Crippen molar-refractivity contribution in [2.45, 2.75) is 46.5 Å². The van der Waals surface area contributed by atoms with Crippen LogP contribution in [-0.4, -0.2) is 11.1 Å². The van der Waals surface area contributed by atoms with Gasteiger partial charge in [0.05, 0.1) is 5.56 Å². The van der Waals surface area contributed by atoms with Crippen LogP contribution in [0.15, 0.2) is 24.3 Å². The summed E-state index contributed by atoms with van der Waals surface area (Å²) in [4.78, 5) is 11.0. The lowest BCUT2D eigenvalue weighted by molar-refractivity contribution is 0.0696. The van der Waals surface area contributed by atoms with E-state index in [2.05, 4.69) is 34.6 Å². The Hall–Kier alpha value is -1.31. The first kappa shape index (κ1) is 13.8. The van der Waals surface area contributed by atoms with Crippen LogP contribution in [0.25, 0.3) is 0 Å². The van der Waals surface area contributed by atoms with E-state index in [1.165, 1.54) is 0 Å². The lowest BCUT2D eigenvalue weighted by atomic mass is 9.63. The molecule has 0 radical (unpaired) electrons. The second-order valence-electron chi connectivity index (χ2n) is 5.75. The van der Waals surface area contributed by atoms with E-state index in [0.717, 1.165) is 12.0 Å². The Labute approximate surface area is 104 Å². The molecule has 94 valence electrons. The van der Waals surface area contributed by atoms with Crippen LogP contribution < -0.4 is 0 Å². The monoisotopic (exact) mass is 234 g/mol. The molecule has 0 spiro atoms. The lowest BCUT2D eigenvalue weighted by Crippen LogP contribution is -2.36. The SMILES string of the molecule is CCC(C)(C)C(C)(C)c1cccc(C(=O)O)c1. The van der Waals surface area contributed by atoms with E-state index in [1.54, 1.807) is 12.1 Å². The van der Waals surface area contributed by atoms with Crippen molar-refractivity contribution in [3.8, 4) is 0 Å². The first-order valence-corrected chi connectivity index (χ1v) is 6.06. The summed E-state index contributed by atoms with van der Waals surface area (Å²) in [5.41, 5.74) is 1.53. The minimum absolute atomic E-state index is 0.0484.